The standard InChI is InChI=1S/C18H40N2O/c1-14(2,3)15(4,5)12-20-18(10,11)16(6,7)13(21)17(8,9)19/h13,20-21H,12,19H2,1-11H3. The molecule has 1 unspecified atom stereocenters. The lowest BCUT2D eigenvalue weighted by molar-refractivity contribution is -0.0530. The van der Waals surface area contributed by atoms with Gasteiger partial charge in [-0.05, 0) is 38.5 Å². The summed E-state index contributed by atoms with van der Waals surface area (Å²) in [5.41, 5.74) is 5.30. The van der Waals surface area contributed by atoms with Gasteiger partial charge in [-0.2, -0.15) is 0 Å². The van der Waals surface area contributed by atoms with E-state index in [1.165, 1.54) is 0 Å². The Labute approximate surface area is 133 Å². The minimum atomic E-state index is -0.623. The Balaban J connectivity index is 5.15. The minimum Gasteiger partial charge on any atom is -0.391 e. The zero-order valence-electron chi connectivity index (χ0n) is 16.3. The third kappa shape index (κ3) is 4.67. The summed E-state index contributed by atoms with van der Waals surface area (Å²) in [4.78, 5) is 0. The summed E-state index contributed by atoms with van der Waals surface area (Å²) >= 11 is 0. The highest BCUT2D eigenvalue weighted by Gasteiger charge is 2.48. The Kier molecular flexibility index (Phi) is 5.79. The maximum Gasteiger partial charge on any atom is 0.0782 e. The molecular weight excluding hydrogens is 260 g/mol. The van der Waals surface area contributed by atoms with Gasteiger partial charge in [0.1, 0.15) is 0 Å². The highest BCUT2D eigenvalue weighted by Crippen LogP contribution is 2.41. The SMILES string of the molecule is CC(C)(N)C(O)C(C)(C)C(C)(C)NCC(C)(C)C(C)(C)C. The number of aliphatic hydroxyl groups is 1. The minimum absolute atomic E-state index is 0.156. The fourth-order valence-electron chi connectivity index (χ4n) is 2.21. The average molecular weight is 301 g/mol. The monoisotopic (exact) mass is 300 g/mol. The molecule has 4 N–H and O–H groups in total. The van der Waals surface area contributed by atoms with Gasteiger partial charge in [-0.3, -0.25) is 0 Å². The molecule has 0 heterocycles. The molecule has 21 heavy (non-hydrogen) atoms. The fourth-order valence-corrected chi connectivity index (χ4v) is 2.21. The summed E-state index contributed by atoms with van der Waals surface area (Å²) in [5, 5.41) is 14.4. The van der Waals surface area contributed by atoms with Crippen LogP contribution in [0.2, 0.25) is 0 Å². The van der Waals surface area contributed by atoms with Crippen molar-refractivity contribution in [1.29, 1.82) is 0 Å². The number of hydrogen-bond acceptors (Lipinski definition) is 3. The first-order chi connectivity index (χ1) is 8.86. The molecule has 0 fully saturated rings. The molecular formula is C18H40N2O. The van der Waals surface area contributed by atoms with Crippen molar-refractivity contribution < 1.29 is 5.11 Å². The Morgan fingerprint density at radius 1 is 0.857 bits per heavy atom. The zero-order chi connectivity index (χ0) is 17.5. The van der Waals surface area contributed by atoms with E-state index in [-0.39, 0.29) is 21.8 Å². The molecule has 0 bridgehead atoms. The molecule has 0 saturated carbocycles. The molecule has 0 aromatic carbocycles. The third-order valence-corrected chi connectivity index (χ3v) is 6.00. The van der Waals surface area contributed by atoms with Crippen LogP contribution in [0.3, 0.4) is 0 Å². The summed E-state index contributed by atoms with van der Waals surface area (Å²) in [5.74, 6) is 0. The van der Waals surface area contributed by atoms with E-state index in [0.717, 1.165) is 6.54 Å². The van der Waals surface area contributed by atoms with Gasteiger partial charge in [0.2, 0.25) is 0 Å². The van der Waals surface area contributed by atoms with Gasteiger partial charge in [0.05, 0.1) is 6.10 Å². The lowest BCUT2D eigenvalue weighted by atomic mass is 9.64. The molecule has 0 saturated heterocycles. The number of rotatable bonds is 6. The maximum absolute atomic E-state index is 10.7. The van der Waals surface area contributed by atoms with E-state index in [2.05, 4.69) is 67.6 Å². The van der Waals surface area contributed by atoms with E-state index >= 15 is 0 Å². The van der Waals surface area contributed by atoms with E-state index in [0.29, 0.717) is 0 Å². The topological polar surface area (TPSA) is 58.3 Å². The fraction of sp³-hybridized carbons (Fsp3) is 1.00. The second kappa shape index (κ2) is 5.82. The molecule has 0 aliphatic carbocycles. The van der Waals surface area contributed by atoms with E-state index in [1.54, 1.807) is 0 Å². The first-order valence-corrected chi connectivity index (χ1v) is 8.08. The Morgan fingerprint density at radius 2 is 1.24 bits per heavy atom. The van der Waals surface area contributed by atoms with E-state index in [9.17, 15) is 5.11 Å². The molecule has 1 atom stereocenters. The third-order valence-electron chi connectivity index (χ3n) is 6.00. The van der Waals surface area contributed by atoms with E-state index in [4.69, 9.17) is 5.73 Å². The lowest BCUT2D eigenvalue weighted by Gasteiger charge is -2.51. The smallest absolute Gasteiger partial charge is 0.0782 e. The van der Waals surface area contributed by atoms with Crippen LogP contribution in [0.15, 0.2) is 0 Å². The van der Waals surface area contributed by atoms with E-state index in [1.807, 2.05) is 13.8 Å². The highest BCUT2D eigenvalue weighted by molar-refractivity contribution is 5.04. The summed E-state index contributed by atoms with van der Waals surface area (Å²) in [6.07, 6.45) is -0.592. The predicted molar refractivity (Wildman–Crippen MR) is 93.4 cm³/mol. The van der Waals surface area contributed by atoms with Crippen molar-refractivity contribution in [3.05, 3.63) is 0 Å². The van der Waals surface area contributed by atoms with Crippen molar-refractivity contribution >= 4 is 0 Å². The molecule has 0 rings (SSSR count). The maximum atomic E-state index is 10.7. The van der Waals surface area contributed by atoms with E-state index < -0.39 is 11.6 Å². The van der Waals surface area contributed by atoms with Crippen molar-refractivity contribution in [3.63, 3.8) is 0 Å². The van der Waals surface area contributed by atoms with Crippen LogP contribution >= 0.6 is 0 Å². The Morgan fingerprint density at radius 3 is 1.52 bits per heavy atom. The van der Waals surface area contributed by atoms with Gasteiger partial charge < -0.3 is 16.2 Å². The van der Waals surface area contributed by atoms with Gasteiger partial charge >= 0.3 is 0 Å². The van der Waals surface area contributed by atoms with Crippen molar-refractivity contribution in [2.45, 2.75) is 93.3 Å². The quantitative estimate of drug-likeness (QED) is 0.703. The molecule has 0 spiro atoms. The number of aliphatic hydroxyl groups excluding tert-OH is 1. The summed E-state index contributed by atoms with van der Waals surface area (Å²) in [7, 11) is 0. The van der Waals surface area contributed by atoms with Crippen LogP contribution in [0.4, 0.5) is 0 Å². The molecule has 0 aromatic heterocycles. The van der Waals surface area contributed by atoms with Crippen LogP contribution in [0.1, 0.15) is 76.2 Å². The van der Waals surface area contributed by atoms with Crippen LogP contribution in [0.25, 0.3) is 0 Å². The van der Waals surface area contributed by atoms with Crippen molar-refractivity contribution in [2.24, 2.45) is 22.0 Å². The second-order valence-corrected chi connectivity index (χ2v) is 10.1. The van der Waals surface area contributed by atoms with Crippen LogP contribution in [-0.4, -0.2) is 28.8 Å². The predicted octanol–water partition coefficient (Wildman–Crippen LogP) is 3.55. The van der Waals surface area contributed by atoms with Gasteiger partial charge in [-0.15, -0.1) is 0 Å². The van der Waals surface area contributed by atoms with Crippen LogP contribution < -0.4 is 11.1 Å². The molecule has 0 aromatic rings. The largest absolute Gasteiger partial charge is 0.391 e. The summed E-state index contributed by atoms with van der Waals surface area (Å²) in [6.45, 7) is 24.5. The van der Waals surface area contributed by atoms with Gasteiger partial charge in [0.15, 0.2) is 0 Å². The van der Waals surface area contributed by atoms with Crippen LogP contribution in [0.5, 0.6) is 0 Å². The lowest BCUT2D eigenvalue weighted by Crippen LogP contribution is -2.64. The van der Waals surface area contributed by atoms with Gasteiger partial charge in [0.25, 0.3) is 0 Å². The molecule has 0 aliphatic rings. The molecule has 0 radical (unpaired) electrons. The summed E-state index contributed by atoms with van der Waals surface area (Å²) in [6, 6.07) is 0. The first-order valence-electron chi connectivity index (χ1n) is 8.08. The molecule has 0 aliphatic heterocycles. The summed E-state index contributed by atoms with van der Waals surface area (Å²) < 4.78 is 0. The van der Waals surface area contributed by atoms with Gasteiger partial charge in [0, 0.05) is 23.0 Å². The highest BCUT2D eigenvalue weighted by atomic mass is 16.3. The molecule has 3 nitrogen and oxygen atoms in total. The first kappa shape index (κ1) is 20.9. The Bertz CT molecular complexity index is 343. The number of nitrogens with two attached hydrogens (primary N) is 1. The average Bonchev–Trinajstić information content (AvgIpc) is 2.22. The zero-order valence-corrected chi connectivity index (χ0v) is 16.3. The van der Waals surface area contributed by atoms with Crippen molar-refractivity contribution in [1.82, 2.24) is 5.32 Å². The Hall–Kier alpha value is -0.120. The number of hydrogen-bond donors (Lipinski definition) is 3. The molecule has 3 heteroatoms. The normalized spacial score (nSPS) is 17.0. The number of nitrogens with one attached hydrogen (secondary N) is 1. The van der Waals surface area contributed by atoms with Crippen LogP contribution in [0, 0.1) is 16.2 Å². The van der Waals surface area contributed by atoms with Gasteiger partial charge in [-0.1, -0.05) is 48.5 Å². The second-order valence-electron chi connectivity index (χ2n) is 10.1. The van der Waals surface area contributed by atoms with Gasteiger partial charge in [-0.25, -0.2) is 0 Å². The van der Waals surface area contributed by atoms with Crippen molar-refractivity contribution in [3.8, 4) is 0 Å². The van der Waals surface area contributed by atoms with Crippen molar-refractivity contribution in [2.75, 3.05) is 6.54 Å². The van der Waals surface area contributed by atoms with Crippen LogP contribution in [-0.2, 0) is 0 Å². The molecule has 128 valence electrons. The molecule has 0 amide bonds.